The number of hydrogen-bond donors (Lipinski definition) is 0. The van der Waals surface area contributed by atoms with E-state index < -0.39 is 23.3 Å². The Kier molecular flexibility index (Phi) is 8.86. The first-order valence-electron chi connectivity index (χ1n) is 7.48. The second-order valence-electron chi connectivity index (χ2n) is 6.34. The molecule has 0 fully saturated rings. The highest BCUT2D eigenvalue weighted by molar-refractivity contribution is 5.86. The van der Waals surface area contributed by atoms with Crippen molar-refractivity contribution in [3.05, 3.63) is 12.2 Å². The molecular weight excluding hydrogens is 304 g/mol. The number of carbonyl (C=O) groups excluding carboxylic acids is 2. The molecule has 0 saturated carbocycles. The molecule has 0 bridgehead atoms. The van der Waals surface area contributed by atoms with Gasteiger partial charge in [0.05, 0.1) is 5.60 Å². The molecule has 0 saturated heterocycles. The average molecular weight is 332 g/mol. The van der Waals surface area contributed by atoms with E-state index in [1.54, 1.807) is 13.8 Å². The first-order valence-corrected chi connectivity index (χ1v) is 7.48. The highest BCUT2D eigenvalue weighted by atomic mass is 17.2. The van der Waals surface area contributed by atoms with Gasteiger partial charge in [0.2, 0.25) is 0 Å². The molecular formula is C16H28O7. The van der Waals surface area contributed by atoms with Crippen molar-refractivity contribution in [2.45, 2.75) is 59.2 Å². The van der Waals surface area contributed by atoms with Crippen molar-refractivity contribution in [1.82, 2.24) is 0 Å². The van der Waals surface area contributed by atoms with Crippen molar-refractivity contribution < 1.29 is 33.6 Å². The third-order valence-electron chi connectivity index (χ3n) is 2.77. The topological polar surface area (TPSA) is 80.3 Å². The van der Waals surface area contributed by atoms with Crippen LogP contribution < -0.4 is 0 Å². The molecule has 0 spiro atoms. The molecule has 23 heavy (non-hydrogen) atoms. The van der Waals surface area contributed by atoms with Gasteiger partial charge in [-0.05, 0) is 41.0 Å². The van der Waals surface area contributed by atoms with Crippen LogP contribution in [0.1, 0.15) is 48.0 Å². The van der Waals surface area contributed by atoms with E-state index in [9.17, 15) is 9.59 Å². The predicted molar refractivity (Wildman–Crippen MR) is 83.7 cm³/mol. The summed E-state index contributed by atoms with van der Waals surface area (Å²) in [5.74, 6) is -0.535. The molecule has 0 unspecified atom stereocenters. The van der Waals surface area contributed by atoms with Crippen LogP contribution in [0.25, 0.3) is 0 Å². The van der Waals surface area contributed by atoms with Gasteiger partial charge in [0.25, 0.3) is 0 Å². The molecule has 0 heterocycles. The molecule has 0 amide bonds. The quantitative estimate of drug-likeness (QED) is 0.200. The zero-order valence-electron chi connectivity index (χ0n) is 14.9. The Morgan fingerprint density at radius 2 is 1.43 bits per heavy atom. The fraction of sp³-hybridized carbons (Fsp3) is 0.750. The number of esters is 1. The van der Waals surface area contributed by atoms with E-state index in [4.69, 9.17) is 24.0 Å². The minimum atomic E-state index is -0.872. The van der Waals surface area contributed by atoms with Crippen LogP contribution in [-0.2, 0) is 28.8 Å². The summed E-state index contributed by atoms with van der Waals surface area (Å²) >= 11 is 0. The smallest absolute Gasteiger partial charge is 0.459 e. The highest BCUT2D eigenvalue weighted by Crippen LogP contribution is 2.19. The predicted octanol–water partition coefficient (Wildman–Crippen LogP) is 3.17. The van der Waals surface area contributed by atoms with Crippen molar-refractivity contribution in [1.29, 1.82) is 0 Å². The Balaban J connectivity index is 3.94. The van der Waals surface area contributed by atoms with Gasteiger partial charge in [-0.25, -0.2) is 19.4 Å². The maximum absolute atomic E-state index is 11.4. The summed E-state index contributed by atoms with van der Waals surface area (Å²) in [6.45, 7) is 14.0. The Bertz CT molecular complexity index is 413. The second-order valence-corrected chi connectivity index (χ2v) is 6.34. The van der Waals surface area contributed by atoms with Crippen molar-refractivity contribution in [2.24, 2.45) is 0 Å². The van der Waals surface area contributed by atoms with Gasteiger partial charge in [-0.3, -0.25) is 0 Å². The Hall–Kier alpha value is -1.60. The first-order chi connectivity index (χ1) is 10.5. The summed E-state index contributed by atoms with van der Waals surface area (Å²) in [7, 11) is 0. The molecule has 0 aromatic heterocycles. The van der Waals surface area contributed by atoms with Crippen LogP contribution >= 0.6 is 0 Å². The molecule has 0 aromatic rings. The lowest BCUT2D eigenvalue weighted by atomic mass is 10.1. The molecule has 7 heteroatoms. The summed E-state index contributed by atoms with van der Waals surface area (Å²) in [4.78, 5) is 33.2. The molecule has 0 N–H and O–H groups in total. The van der Waals surface area contributed by atoms with E-state index in [0.29, 0.717) is 0 Å². The summed E-state index contributed by atoms with van der Waals surface area (Å²) < 4.78 is 14.5. The maximum atomic E-state index is 11.4. The van der Waals surface area contributed by atoms with Crippen molar-refractivity contribution in [3.63, 3.8) is 0 Å². The monoisotopic (exact) mass is 332 g/mol. The minimum absolute atomic E-state index is 0.0445. The fourth-order valence-corrected chi connectivity index (χ4v) is 0.966. The van der Waals surface area contributed by atoms with Gasteiger partial charge in [0.15, 0.2) is 0 Å². The number of hydrogen-bond acceptors (Lipinski definition) is 7. The molecule has 0 aliphatic heterocycles. The normalized spacial score (nSPS) is 11.7. The lowest BCUT2D eigenvalue weighted by Crippen LogP contribution is -2.36. The summed E-state index contributed by atoms with van der Waals surface area (Å²) in [5, 5.41) is 0. The maximum Gasteiger partial charge on any atom is 0.508 e. The van der Waals surface area contributed by atoms with Crippen molar-refractivity contribution in [3.8, 4) is 0 Å². The van der Waals surface area contributed by atoms with Gasteiger partial charge in [0.1, 0.15) is 25.4 Å². The zero-order valence-corrected chi connectivity index (χ0v) is 14.9. The van der Waals surface area contributed by atoms with E-state index in [2.05, 4.69) is 6.58 Å². The van der Waals surface area contributed by atoms with Crippen LogP contribution in [0, 0.1) is 0 Å². The standard InChI is InChI=1S/C16H28O7/c1-8-15(4,5)22-23-16(6,7)11-21-14(18)20-10-9-19-13(17)12(2)3/h2,8-11H2,1,3-7H3. The highest BCUT2D eigenvalue weighted by Gasteiger charge is 2.27. The summed E-state index contributed by atoms with van der Waals surface area (Å²) in [6, 6.07) is 0. The van der Waals surface area contributed by atoms with Crippen molar-refractivity contribution >= 4 is 12.1 Å². The van der Waals surface area contributed by atoms with E-state index in [-0.39, 0.29) is 25.4 Å². The van der Waals surface area contributed by atoms with Gasteiger partial charge in [0, 0.05) is 5.57 Å². The molecule has 7 nitrogen and oxygen atoms in total. The number of carbonyl (C=O) groups is 2. The molecule has 0 rings (SSSR count). The van der Waals surface area contributed by atoms with Crippen LogP contribution in [0.4, 0.5) is 4.79 Å². The molecule has 0 atom stereocenters. The van der Waals surface area contributed by atoms with Crippen LogP contribution in [0.3, 0.4) is 0 Å². The first kappa shape index (κ1) is 21.4. The summed E-state index contributed by atoms with van der Waals surface area (Å²) in [5.41, 5.74) is -0.968. The van der Waals surface area contributed by atoms with Gasteiger partial charge >= 0.3 is 12.1 Å². The third-order valence-corrected chi connectivity index (χ3v) is 2.77. The molecule has 134 valence electrons. The zero-order chi connectivity index (χ0) is 18.1. The van der Waals surface area contributed by atoms with E-state index in [1.165, 1.54) is 6.92 Å². The van der Waals surface area contributed by atoms with E-state index in [1.807, 2.05) is 20.8 Å². The van der Waals surface area contributed by atoms with Crippen LogP contribution in [0.15, 0.2) is 12.2 Å². The fourth-order valence-electron chi connectivity index (χ4n) is 0.966. The number of rotatable bonds is 10. The van der Waals surface area contributed by atoms with Crippen molar-refractivity contribution in [2.75, 3.05) is 19.8 Å². The van der Waals surface area contributed by atoms with Gasteiger partial charge < -0.3 is 14.2 Å². The average Bonchev–Trinajstić information content (AvgIpc) is 2.47. The molecule has 0 aliphatic carbocycles. The van der Waals surface area contributed by atoms with Gasteiger partial charge in [-0.2, -0.15) is 0 Å². The van der Waals surface area contributed by atoms with Crippen LogP contribution in [0.5, 0.6) is 0 Å². The Morgan fingerprint density at radius 1 is 0.913 bits per heavy atom. The van der Waals surface area contributed by atoms with Gasteiger partial charge in [-0.15, -0.1) is 0 Å². The summed E-state index contributed by atoms with van der Waals surface area (Å²) in [6.07, 6.45) is -0.0997. The lowest BCUT2D eigenvalue weighted by Gasteiger charge is -2.29. The van der Waals surface area contributed by atoms with E-state index >= 15 is 0 Å². The lowest BCUT2D eigenvalue weighted by molar-refractivity contribution is -0.404. The molecule has 0 aromatic carbocycles. The molecule has 0 aliphatic rings. The molecule has 0 radical (unpaired) electrons. The van der Waals surface area contributed by atoms with Gasteiger partial charge in [-0.1, -0.05) is 13.5 Å². The number of ether oxygens (including phenoxy) is 3. The Labute approximate surface area is 137 Å². The second kappa shape index (κ2) is 9.52. The third kappa shape index (κ3) is 10.7. The Morgan fingerprint density at radius 3 is 1.96 bits per heavy atom. The largest absolute Gasteiger partial charge is 0.508 e. The van der Waals surface area contributed by atoms with Crippen LogP contribution in [-0.4, -0.2) is 43.1 Å². The van der Waals surface area contributed by atoms with Crippen LogP contribution in [0.2, 0.25) is 0 Å². The SMILES string of the molecule is C=C(C)C(=O)OCCOC(=O)OCC(C)(C)OOC(C)(C)CC. The van der Waals surface area contributed by atoms with E-state index in [0.717, 1.165) is 6.42 Å². The minimum Gasteiger partial charge on any atom is -0.459 e.